The van der Waals surface area contributed by atoms with Crippen LogP contribution >= 0.6 is 0 Å². The van der Waals surface area contributed by atoms with Gasteiger partial charge in [-0.15, -0.1) is 0 Å². The van der Waals surface area contributed by atoms with Crippen molar-refractivity contribution in [3.63, 3.8) is 0 Å². The summed E-state index contributed by atoms with van der Waals surface area (Å²) >= 11 is 0. The number of nitrogens with zero attached hydrogens (tertiary/aromatic N) is 1. The number of benzene rings is 1. The third-order valence-corrected chi connectivity index (χ3v) is 2.27. The summed E-state index contributed by atoms with van der Waals surface area (Å²) in [5.41, 5.74) is -0.733. The molecule has 0 unspecified atom stereocenters. The molecule has 0 spiro atoms. The van der Waals surface area contributed by atoms with Gasteiger partial charge in [0.1, 0.15) is 11.3 Å². The summed E-state index contributed by atoms with van der Waals surface area (Å²) < 4.78 is 5.32. The van der Waals surface area contributed by atoms with Crippen LogP contribution in [0.1, 0.15) is 17.4 Å². The Bertz CT molecular complexity index is 633. The van der Waals surface area contributed by atoms with Crippen molar-refractivity contribution in [2.45, 2.75) is 6.92 Å². The second-order valence-electron chi connectivity index (χ2n) is 3.32. The molecule has 0 saturated heterocycles. The minimum Gasteiger partial charge on any atom is -0.492 e. The van der Waals surface area contributed by atoms with Gasteiger partial charge in [0.15, 0.2) is 0 Å². The number of H-pyrrole nitrogens is 1. The summed E-state index contributed by atoms with van der Waals surface area (Å²) in [7, 11) is 0. The highest BCUT2D eigenvalue weighted by molar-refractivity contribution is 5.91. The Morgan fingerprint density at radius 3 is 2.94 bits per heavy atom. The van der Waals surface area contributed by atoms with E-state index >= 15 is 0 Å². The molecule has 0 aliphatic heterocycles. The van der Waals surface area contributed by atoms with Gasteiger partial charge < -0.3 is 9.84 Å². The molecule has 88 valence electrons. The normalized spacial score (nSPS) is 10.4. The molecule has 0 aliphatic carbocycles. The van der Waals surface area contributed by atoms with E-state index in [0.29, 0.717) is 17.9 Å². The fraction of sp³-hybridized carbons (Fsp3) is 0.182. The first-order valence-corrected chi connectivity index (χ1v) is 5.02. The number of carboxylic acid groups (broad SMARTS) is 1. The van der Waals surface area contributed by atoms with Crippen LogP contribution in [0.3, 0.4) is 0 Å². The number of aromatic nitrogens is 2. The number of carboxylic acids is 1. The Kier molecular flexibility index (Phi) is 2.78. The lowest BCUT2D eigenvalue weighted by Gasteiger charge is -2.06. The van der Waals surface area contributed by atoms with Crippen LogP contribution in [0.4, 0.5) is 0 Å². The van der Waals surface area contributed by atoms with Crippen molar-refractivity contribution in [1.82, 2.24) is 10.2 Å². The van der Waals surface area contributed by atoms with Gasteiger partial charge in [0, 0.05) is 0 Å². The van der Waals surface area contributed by atoms with Gasteiger partial charge in [-0.3, -0.25) is 9.89 Å². The number of ether oxygens (including phenoxy) is 1. The monoisotopic (exact) mass is 234 g/mol. The zero-order valence-corrected chi connectivity index (χ0v) is 9.06. The topological polar surface area (TPSA) is 92.3 Å². The van der Waals surface area contributed by atoms with Crippen molar-refractivity contribution >= 4 is 16.9 Å². The summed E-state index contributed by atoms with van der Waals surface area (Å²) in [6.45, 7) is 2.26. The summed E-state index contributed by atoms with van der Waals surface area (Å²) in [6, 6.07) is 4.85. The molecule has 0 atom stereocenters. The first kappa shape index (κ1) is 11.1. The van der Waals surface area contributed by atoms with Gasteiger partial charge in [-0.2, -0.15) is 5.10 Å². The first-order valence-electron chi connectivity index (χ1n) is 5.02. The van der Waals surface area contributed by atoms with Crippen molar-refractivity contribution < 1.29 is 14.6 Å². The molecule has 0 saturated carbocycles. The lowest BCUT2D eigenvalue weighted by molar-refractivity contribution is 0.0688. The van der Waals surface area contributed by atoms with E-state index in [1.807, 2.05) is 6.92 Å². The number of rotatable bonds is 3. The van der Waals surface area contributed by atoms with Crippen LogP contribution in [-0.4, -0.2) is 27.9 Å². The van der Waals surface area contributed by atoms with E-state index in [4.69, 9.17) is 9.84 Å². The minimum atomic E-state index is -1.35. The molecular formula is C11H10N2O4. The Hall–Kier alpha value is -2.37. The molecule has 0 amide bonds. The quantitative estimate of drug-likeness (QED) is 0.827. The SMILES string of the molecule is CCOc1cccc2c(=O)c(C(=O)O)n[nH]c12. The van der Waals surface area contributed by atoms with Crippen LogP contribution in [0.15, 0.2) is 23.0 Å². The number of nitrogens with one attached hydrogen (secondary N) is 1. The van der Waals surface area contributed by atoms with Gasteiger partial charge in [-0.1, -0.05) is 6.07 Å². The van der Waals surface area contributed by atoms with E-state index in [9.17, 15) is 9.59 Å². The van der Waals surface area contributed by atoms with Crippen LogP contribution in [-0.2, 0) is 0 Å². The molecule has 17 heavy (non-hydrogen) atoms. The van der Waals surface area contributed by atoms with Crippen molar-refractivity contribution in [1.29, 1.82) is 0 Å². The number of fused-ring (bicyclic) bond motifs is 1. The van der Waals surface area contributed by atoms with Crippen LogP contribution < -0.4 is 10.2 Å². The van der Waals surface area contributed by atoms with Crippen molar-refractivity contribution in [3.05, 3.63) is 34.1 Å². The molecule has 2 aromatic rings. The number of hydrogen-bond donors (Lipinski definition) is 2. The third kappa shape index (κ3) is 1.84. The number of para-hydroxylation sites is 1. The second-order valence-corrected chi connectivity index (χ2v) is 3.32. The molecule has 1 aromatic carbocycles. The zero-order valence-electron chi connectivity index (χ0n) is 9.06. The summed E-state index contributed by atoms with van der Waals surface area (Å²) in [5.74, 6) is -0.874. The largest absolute Gasteiger partial charge is 0.492 e. The van der Waals surface area contributed by atoms with Gasteiger partial charge in [-0.05, 0) is 19.1 Å². The van der Waals surface area contributed by atoms with Crippen molar-refractivity contribution in [2.24, 2.45) is 0 Å². The maximum absolute atomic E-state index is 11.8. The molecule has 6 nitrogen and oxygen atoms in total. The molecule has 0 radical (unpaired) electrons. The minimum absolute atomic E-state index is 0.253. The lowest BCUT2D eigenvalue weighted by Crippen LogP contribution is -2.18. The number of aromatic amines is 1. The van der Waals surface area contributed by atoms with E-state index in [0.717, 1.165) is 0 Å². The average molecular weight is 234 g/mol. The van der Waals surface area contributed by atoms with Crippen LogP contribution in [0.2, 0.25) is 0 Å². The smallest absolute Gasteiger partial charge is 0.360 e. The van der Waals surface area contributed by atoms with Crippen molar-refractivity contribution in [2.75, 3.05) is 6.61 Å². The standard InChI is InChI=1S/C11H10N2O4/c1-2-17-7-5-3-4-6-8(7)12-13-9(10(6)14)11(15)16/h3-5H,2H2,1H3,(H,12,14)(H,15,16). The highest BCUT2D eigenvalue weighted by atomic mass is 16.5. The molecule has 1 aromatic heterocycles. The zero-order chi connectivity index (χ0) is 12.4. The number of hydrogen-bond acceptors (Lipinski definition) is 4. The summed E-state index contributed by atoms with van der Waals surface area (Å²) in [6.07, 6.45) is 0. The van der Waals surface area contributed by atoms with Crippen LogP contribution in [0.25, 0.3) is 10.9 Å². The van der Waals surface area contributed by atoms with E-state index < -0.39 is 17.1 Å². The molecule has 2 N–H and O–H groups in total. The first-order chi connectivity index (χ1) is 8.15. The lowest BCUT2D eigenvalue weighted by atomic mass is 10.2. The second kappa shape index (κ2) is 4.25. The fourth-order valence-electron chi connectivity index (χ4n) is 1.55. The Morgan fingerprint density at radius 1 is 1.53 bits per heavy atom. The van der Waals surface area contributed by atoms with Gasteiger partial charge in [0.05, 0.1) is 12.0 Å². The van der Waals surface area contributed by atoms with Crippen LogP contribution in [0, 0.1) is 0 Å². The summed E-state index contributed by atoms with van der Waals surface area (Å²) in [5, 5.41) is 15.1. The van der Waals surface area contributed by atoms with Crippen LogP contribution in [0.5, 0.6) is 5.75 Å². The van der Waals surface area contributed by atoms with E-state index in [1.54, 1.807) is 12.1 Å². The maximum Gasteiger partial charge on any atom is 0.360 e. The predicted molar refractivity (Wildman–Crippen MR) is 60.5 cm³/mol. The molecule has 1 heterocycles. The summed E-state index contributed by atoms with van der Waals surface area (Å²) in [4.78, 5) is 22.6. The van der Waals surface area contributed by atoms with E-state index in [-0.39, 0.29) is 5.39 Å². The van der Waals surface area contributed by atoms with E-state index in [2.05, 4.69) is 10.2 Å². The molecule has 2 rings (SSSR count). The predicted octanol–water partition coefficient (Wildman–Crippen LogP) is 1.02. The molecule has 0 bridgehead atoms. The number of carbonyl (C=O) groups is 1. The maximum atomic E-state index is 11.8. The highest BCUT2D eigenvalue weighted by Crippen LogP contribution is 2.20. The molecule has 6 heteroatoms. The Morgan fingerprint density at radius 2 is 2.29 bits per heavy atom. The Balaban J connectivity index is 2.76. The molecule has 0 fully saturated rings. The van der Waals surface area contributed by atoms with Gasteiger partial charge >= 0.3 is 5.97 Å². The van der Waals surface area contributed by atoms with Crippen molar-refractivity contribution in [3.8, 4) is 5.75 Å². The molecular weight excluding hydrogens is 224 g/mol. The van der Waals surface area contributed by atoms with Gasteiger partial charge in [0.25, 0.3) is 0 Å². The van der Waals surface area contributed by atoms with Gasteiger partial charge in [0.2, 0.25) is 11.1 Å². The Labute approximate surface area is 95.8 Å². The third-order valence-electron chi connectivity index (χ3n) is 2.27. The average Bonchev–Trinajstić information content (AvgIpc) is 2.30. The highest BCUT2D eigenvalue weighted by Gasteiger charge is 2.15. The van der Waals surface area contributed by atoms with E-state index in [1.165, 1.54) is 6.07 Å². The number of aromatic carboxylic acids is 1. The fourth-order valence-corrected chi connectivity index (χ4v) is 1.55. The molecule has 0 aliphatic rings. The van der Waals surface area contributed by atoms with Gasteiger partial charge in [-0.25, -0.2) is 4.79 Å².